The Bertz CT molecular complexity index is 626. The summed E-state index contributed by atoms with van der Waals surface area (Å²) in [7, 11) is 0. The van der Waals surface area contributed by atoms with Gasteiger partial charge in [-0.1, -0.05) is 0 Å². The Morgan fingerprint density at radius 3 is 2.72 bits per heavy atom. The lowest BCUT2D eigenvalue weighted by molar-refractivity contribution is -0.168. The van der Waals surface area contributed by atoms with Gasteiger partial charge in [-0.2, -0.15) is 13.2 Å². The molecule has 1 saturated heterocycles. The van der Waals surface area contributed by atoms with Crippen LogP contribution < -0.4 is 0 Å². The van der Waals surface area contributed by atoms with Crippen LogP contribution in [0.1, 0.15) is 31.9 Å². The lowest BCUT2D eigenvalue weighted by Gasteiger charge is -2.32. The highest BCUT2D eigenvalue weighted by Gasteiger charge is 2.44. The van der Waals surface area contributed by atoms with Crippen molar-refractivity contribution in [2.75, 3.05) is 13.1 Å². The molecule has 3 rings (SSSR count). The first-order valence-corrected chi connectivity index (χ1v) is 8.42. The van der Waals surface area contributed by atoms with Gasteiger partial charge in [0.1, 0.15) is 12.3 Å². The predicted molar refractivity (Wildman–Crippen MR) is 82.2 cm³/mol. The van der Waals surface area contributed by atoms with Gasteiger partial charge in [-0.25, -0.2) is 0 Å². The van der Waals surface area contributed by atoms with Crippen molar-refractivity contribution in [3.63, 3.8) is 0 Å². The second kappa shape index (κ2) is 6.72. The Morgan fingerprint density at radius 2 is 2.16 bits per heavy atom. The molecule has 1 aromatic rings. The summed E-state index contributed by atoms with van der Waals surface area (Å²) in [5.41, 5.74) is 0. The molecule has 0 spiro atoms. The smallest absolute Gasteiger partial charge is 0.406 e. The van der Waals surface area contributed by atoms with E-state index in [0.717, 1.165) is 17.7 Å². The van der Waals surface area contributed by atoms with E-state index in [-0.39, 0.29) is 31.3 Å². The van der Waals surface area contributed by atoms with E-state index >= 15 is 0 Å². The summed E-state index contributed by atoms with van der Waals surface area (Å²) in [5, 5.41) is 0. The number of halogens is 3. The summed E-state index contributed by atoms with van der Waals surface area (Å²) in [6.45, 7) is 0.766. The van der Waals surface area contributed by atoms with E-state index in [9.17, 15) is 22.8 Å². The fraction of sp³-hybridized carbons (Fsp3) is 0.647. The first kappa shape index (κ1) is 17.8. The molecule has 0 aromatic carbocycles. The van der Waals surface area contributed by atoms with E-state index in [1.54, 1.807) is 19.1 Å². The second-order valence-electron chi connectivity index (χ2n) is 6.91. The average molecular weight is 358 g/mol. The van der Waals surface area contributed by atoms with Crippen molar-refractivity contribution >= 4 is 11.8 Å². The van der Waals surface area contributed by atoms with Crippen molar-refractivity contribution in [2.24, 2.45) is 11.8 Å². The largest absolute Gasteiger partial charge is 0.467 e. The van der Waals surface area contributed by atoms with Crippen molar-refractivity contribution in [1.29, 1.82) is 0 Å². The first-order chi connectivity index (χ1) is 11.7. The highest BCUT2D eigenvalue weighted by molar-refractivity contribution is 5.89. The number of likely N-dealkylation sites (tertiary alicyclic amines) is 1. The maximum absolute atomic E-state index is 12.9. The molecule has 0 unspecified atom stereocenters. The fourth-order valence-corrected chi connectivity index (χ4v) is 3.36. The zero-order valence-corrected chi connectivity index (χ0v) is 14.0. The number of nitrogens with zero attached hydrogens (tertiary/aromatic N) is 2. The molecule has 0 N–H and O–H groups in total. The van der Waals surface area contributed by atoms with Gasteiger partial charge < -0.3 is 14.2 Å². The van der Waals surface area contributed by atoms with Gasteiger partial charge in [0.15, 0.2) is 0 Å². The third-order valence-corrected chi connectivity index (χ3v) is 4.92. The zero-order chi connectivity index (χ0) is 18.2. The number of alkyl halides is 3. The number of furan rings is 1. The van der Waals surface area contributed by atoms with Crippen LogP contribution in [0.25, 0.3) is 0 Å². The third-order valence-electron chi connectivity index (χ3n) is 4.92. The molecule has 0 bridgehead atoms. The van der Waals surface area contributed by atoms with Gasteiger partial charge in [-0.05, 0) is 37.8 Å². The van der Waals surface area contributed by atoms with Gasteiger partial charge in [0.05, 0.1) is 18.7 Å². The standard InChI is InChI=1S/C17H21F3N2O3/c1-11(12-4-5-12)22(10-17(18,19)20)16(24)13-7-15(23)21(8-13)9-14-3-2-6-25-14/h2-3,6,11-13H,4-5,7-10H2,1H3/t11-,13+/m0/s1. The van der Waals surface area contributed by atoms with E-state index in [4.69, 9.17) is 4.42 Å². The van der Waals surface area contributed by atoms with Crippen molar-refractivity contribution in [1.82, 2.24) is 9.80 Å². The van der Waals surface area contributed by atoms with Gasteiger partial charge in [0, 0.05) is 19.0 Å². The minimum atomic E-state index is -4.45. The topological polar surface area (TPSA) is 53.8 Å². The van der Waals surface area contributed by atoms with E-state index in [2.05, 4.69) is 0 Å². The summed E-state index contributed by atoms with van der Waals surface area (Å²) < 4.78 is 43.9. The van der Waals surface area contributed by atoms with Gasteiger partial charge in [-0.15, -0.1) is 0 Å². The normalized spacial score (nSPS) is 22.3. The Kier molecular flexibility index (Phi) is 4.79. The predicted octanol–water partition coefficient (Wildman–Crippen LogP) is 2.82. The summed E-state index contributed by atoms with van der Waals surface area (Å²) in [5.74, 6) is -0.832. The molecule has 2 fully saturated rings. The number of amides is 2. The van der Waals surface area contributed by atoms with E-state index in [1.165, 1.54) is 11.2 Å². The molecule has 25 heavy (non-hydrogen) atoms. The van der Waals surface area contributed by atoms with E-state index in [0.29, 0.717) is 5.76 Å². The average Bonchev–Trinajstić information content (AvgIpc) is 3.14. The molecule has 2 atom stereocenters. The number of hydrogen-bond donors (Lipinski definition) is 0. The molecule has 138 valence electrons. The molecule has 1 aliphatic heterocycles. The molecule has 1 aliphatic carbocycles. The van der Waals surface area contributed by atoms with Crippen LogP contribution in [-0.4, -0.2) is 46.9 Å². The van der Waals surface area contributed by atoms with E-state index < -0.39 is 30.6 Å². The highest BCUT2D eigenvalue weighted by atomic mass is 19.4. The second-order valence-corrected chi connectivity index (χ2v) is 6.91. The van der Waals surface area contributed by atoms with Gasteiger partial charge in [0.25, 0.3) is 0 Å². The number of hydrogen-bond acceptors (Lipinski definition) is 3. The van der Waals surface area contributed by atoms with Gasteiger partial charge in [-0.3, -0.25) is 9.59 Å². The van der Waals surface area contributed by atoms with Crippen LogP contribution >= 0.6 is 0 Å². The molecule has 2 aliphatic rings. The van der Waals surface area contributed by atoms with Crippen molar-refractivity contribution in [3.8, 4) is 0 Å². The minimum absolute atomic E-state index is 0.0503. The zero-order valence-electron chi connectivity index (χ0n) is 14.0. The highest BCUT2D eigenvalue weighted by Crippen LogP contribution is 2.37. The number of rotatable bonds is 6. The molecule has 2 amide bonds. The summed E-state index contributed by atoms with van der Waals surface area (Å²) in [6, 6.07) is 2.96. The lowest BCUT2D eigenvalue weighted by Crippen LogP contribution is -2.48. The van der Waals surface area contributed by atoms with Crippen LogP contribution in [0.3, 0.4) is 0 Å². The van der Waals surface area contributed by atoms with Crippen LogP contribution in [0.5, 0.6) is 0 Å². The summed E-state index contributed by atoms with van der Waals surface area (Å²) in [4.78, 5) is 27.2. The summed E-state index contributed by atoms with van der Waals surface area (Å²) >= 11 is 0. The maximum atomic E-state index is 12.9. The Labute approximate surface area is 143 Å². The first-order valence-electron chi connectivity index (χ1n) is 8.42. The van der Waals surface area contributed by atoms with Crippen LogP contribution in [0.4, 0.5) is 13.2 Å². The molecular formula is C17H21F3N2O3. The van der Waals surface area contributed by atoms with Crippen molar-refractivity contribution in [2.45, 2.75) is 44.9 Å². The van der Waals surface area contributed by atoms with E-state index in [1.807, 2.05) is 0 Å². The van der Waals surface area contributed by atoms with Crippen LogP contribution in [0, 0.1) is 11.8 Å². The SMILES string of the molecule is C[C@@H](C1CC1)N(CC(F)(F)F)C(=O)[C@@H]1CC(=O)N(Cc2ccco2)C1. The van der Waals surface area contributed by atoms with Crippen molar-refractivity contribution < 1.29 is 27.2 Å². The maximum Gasteiger partial charge on any atom is 0.406 e. The third kappa shape index (κ3) is 4.35. The lowest BCUT2D eigenvalue weighted by atomic mass is 10.0. The fourth-order valence-electron chi connectivity index (χ4n) is 3.36. The molecular weight excluding hydrogens is 337 g/mol. The molecule has 1 aromatic heterocycles. The van der Waals surface area contributed by atoms with Crippen LogP contribution in [0.15, 0.2) is 22.8 Å². The van der Waals surface area contributed by atoms with Gasteiger partial charge >= 0.3 is 6.18 Å². The number of carbonyl (C=O) groups is 2. The molecule has 5 nitrogen and oxygen atoms in total. The minimum Gasteiger partial charge on any atom is -0.467 e. The molecule has 8 heteroatoms. The monoisotopic (exact) mass is 358 g/mol. The van der Waals surface area contributed by atoms with Crippen LogP contribution in [-0.2, 0) is 16.1 Å². The molecule has 0 radical (unpaired) electrons. The molecule has 2 heterocycles. The van der Waals surface area contributed by atoms with Gasteiger partial charge in [0.2, 0.25) is 11.8 Å². The quantitative estimate of drug-likeness (QED) is 0.786. The van der Waals surface area contributed by atoms with Crippen LogP contribution in [0.2, 0.25) is 0 Å². The molecule has 1 saturated carbocycles. The Hall–Kier alpha value is -1.99. The summed E-state index contributed by atoms with van der Waals surface area (Å²) in [6.07, 6.45) is -1.32. The number of carbonyl (C=O) groups excluding carboxylic acids is 2. The Morgan fingerprint density at radius 1 is 1.44 bits per heavy atom. The van der Waals surface area contributed by atoms with Crippen molar-refractivity contribution in [3.05, 3.63) is 24.2 Å². The Balaban J connectivity index is 1.68.